The van der Waals surface area contributed by atoms with Gasteiger partial charge in [0.15, 0.2) is 6.61 Å². The van der Waals surface area contributed by atoms with Crippen molar-refractivity contribution in [3.8, 4) is 5.75 Å². The number of carbonyl (C=O) groups excluding carboxylic acids is 2. The molecular formula is C29H32BrClN2O3. The highest BCUT2D eigenvalue weighted by Gasteiger charge is 2.32. The SMILES string of the molecule is Cc1cc(OCC(=O)N(Cc2ccc(Br)cc2)[C@H](Cc2ccccc2)C(=O)NC(C)(C)C)ccc1Cl. The van der Waals surface area contributed by atoms with Gasteiger partial charge in [-0.2, -0.15) is 0 Å². The molecule has 2 amide bonds. The molecule has 0 aliphatic heterocycles. The van der Waals surface area contributed by atoms with Crippen LogP contribution >= 0.6 is 27.5 Å². The molecule has 3 aromatic rings. The van der Waals surface area contributed by atoms with Crippen LogP contribution in [0.2, 0.25) is 5.02 Å². The summed E-state index contributed by atoms with van der Waals surface area (Å²) in [6, 6.07) is 22.0. The highest BCUT2D eigenvalue weighted by molar-refractivity contribution is 9.10. The number of amides is 2. The summed E-state index contributed by atoms with van der Waals surface area (Å²) >= 11 is 9.58. The monoisotopic (exact) mass is 570 g/mol. The average Bonchev–Trinajstić information content (AvgIpc) is 2.82. The second kappa shape index (κ2) is 12.4. The zero-order chi connectivity index (χ0) is 26.3. The maximum Gasteiger partial charge on any atom is 0.261 e. The van der Waals surface area contributed by atoms with Gasteiger partial charge in [0.05, 0.1) is 0 Å². The van der Waals surface area contributed by atoms with Crippen molar-refractivity contribution in [2.24, 2.45) is 0 Å². The lowest BCUT2D eigenvalue weighted by atomic mass is 10.0. The third kappa shape index (κ3) is 8.38. The van der Waals surface area contributed by atoms with Crippen LogP contribution in [0.1, 0.15) is 37.5 Å². The number of hydrogen-bond donors (Lipinski definition) is 1. The largest absolute Gasteiger partial charge is 0.484 e. The quantitative estimate of drug-likeness (QED) is 0.326. The first-order valence-electron chi connectivity index (χ1n) is 11.8. The maximum atomic E-state index is 13.6. The molecule has 7 heteroatoms. The van der Waals surface area contributed by atoms with Gasteiger partial charge in [0, 0.05) is 28.0 Å². The van der Waals surface area contributed by atoms with Crippen molar-refractivity contribution in [2.75, 3.05) is 6.61 Å². The number of hydrogen-bond acceptors (Lipinski definition) is 3. The van der Waals surface area contributed by atoms with Crippen LogP contribution < -0.4 is 10.1 Å². The number of aryl methyl sites for hydroxylation is 1. The van der Waals surface area contributed by atoms with Gasteiger partial charge in [0.25, 0.3) is 5.91 Å². The van der Waals surface area contributed by atoms with Gasteiger partial charge in [-0.05, 0) is 74.7 Å². The fraction of sp³-hybridized carbons (Fsp3) is 0.310. The van der Waals surface area contributed by atoms with E-state index in [2.05, 4.69) is 21.2 Å². The van der Waals surface area contributed by atoms with Gasteiger partial charge in [0.2, 0.25) is 5.91 Å². The van der Waals surface area contributed by atoms with Crippen molar-refractivity contribution >= 4 is 39.3 Å². The van der Waals surface area contributed by atoms with Crippen molar-refractivity contribution in [2.45, 2.75) is 52.2 Å². The van der Waals surface area contributed by atoms with Gasteiger partial charge in [-0.15, -0.1) is 0 Å². The van der Waals surface area contributed by atoms with Crippen molar-refractivity contribution in [3.63, 3.8) is 0 Å². The Kier molecular flexibility index (Phi) is 9.57. The van der Waals surface area contributed by atoms with E-state index in [0.29, 0.717) is 17.2 Å². The summed E-state index contributed by atoms with van der Waals surface area (Å²) < 4.78 is 6.77. The molecule has 5 nitrogen and oxygen atoms in total. The molecule has 0 aromatic heterocycles. The smallest absolute Gasteiger partial charge is 0.261 e. The predicted molar refractivity (Wildman–Crippen MR) is 148 cm³/mol. The third-order valence-corrected chi connectivity index (χ3v) is 6.48. The Hall–Kier alpha value is -2.83. The zero-order valence-corrected chi connectivity index (χ0v) is 23.4. The van der Waals surface area contributed by atoms with E-state index in [1.165, 1.54) is 0 Å². The Morgan fingerprint density at radius 3 is 2.28 bits per heavy atom. The van der Waals surface area contributed by atoms with E-state index in [-0.39, 0.29) is 25.0 Å². The van der Waals surface area contributed by atoms with Gasteiger partial charge in [-0.3, -0.25) is 9.59 Å². The molecule has 1 N–H and O–H groups in total. The Bertz CT molecular complexity index is 1180. The molecule has 0 spiro atoms. The van der Waals surface area contributed by atoms with Crippen LogP contribution in [0.25, 0.3) is 0 Å². The second-order valence-corrected chi connectivity index (χ2v) is 11.1. The first-order chi connectivity index (χ1) is 17.0. The lowest BCUT2D eigenvalue weighted by Gasteiger charge is -2.33. The lowest BCUT2D eigenvalue weighted by molar-refractivity contribution is -0.143. The van der Waals surface area contributed by atoms with Crippen molar-refractivity contribution in [1.82, 2.24) is 10.2 Å². The minimum absolute atomic E-state index is 0.203. The molecule has 0 aliphatic carbocycles. The van der Waals surface area contributed by atoms with E-state index >= 15 is 0 Å². The topological polar surface area (TPSA) is 58.6 Å². The van der Waals surface area contributed by atoms with Crippen LogP contribution in [0.15, 0.2) is 77.3 Å². The summed E-state index contributed by atoms with van der Waals surface area (Å²) in [5.41, 5.74) is 2.29. The lowest BCUT2D eigenvalue weighted by Crippen LogP contribution is -2.55. The number of ether oxygens (including phenoxy) is 1. The molecule has 0 heterocycles. The van der Waals surface area contributed by atoms with Crippen molar-refractivity contribution in [1.29, 1.82) is 0 Å². The van der Waals surface area contributed by atoms with Gasteiger partial charge < -0.3 is 15.0 Å². The molecule has 0 radical (unpaired) electrons. The molecule has 0 saturated heterocycles. The normalized spacial score (nSPS) is 12.1. The summed E-state index contributed by atoms with van der Waals surface area (Å²) in [7, 11) is 0. The summed E-state index contributed by atoms with van der Waals surface area (Å²) in [6.45, 7) is 7.73. The number of nitrogens with zero attached hydrogens (tertiary/aromatic N) is 1. The molecule has 190 valence electrons. The summed E-state index contributed by atoms with van der Waals surface area (Å²) in [5, 5.41) is 3.69. The van der Waals surface area contributed by atoms with Gasteiger partial charge >= 0.3 is 0 Å². The Balaban J connectivity index is 1.92. The second-order valence-electron chi connectivity index (χ2n) is 9.79. The van der Waals surface area contributed by atoms with Crippen LogP contribution in [-0.2, 0) is 22.6 Å². The fourth-order valence-electron chi connectivity index (χ4n) is 3.73. The summed E-state index contributed by atoms with van der Waals surface area (Å²) in [4.78, 5) is 28.8. The molecular weight excluding hydrogens is 540 g/mol. The van der Waals surface area contributed by atoms with Crippen molar-refractivity contribution in [3.05, 3.63) is 99.0 Å². The van der Waals surface area contributed by atoms with Crippen LogP contribution in [-0.4, -0.2) is 34.9 Å². The number of carbonyl (C=O) groups is 2. The first-order valence-corrected chi connectivity index (χ1v) is 13.0. The van der Waals surface area contributed by atoms with Crippen LogP contribution in [0, 0.1) is 6.92 Å². The Morgan fingerprint density at radius 2 is 1.67 bits per heavy atom. The van der Waals surface area contributed by atoms with E-state index in [9.17, 15) is 9.59 Å². The number of rotatable bonds is 9. The summed E-state index contributed by atoms with van der Waals surface area (Å²) in [5.74, 6) is 0.0576. The fourth-order valence-corrected chi connectivity index (χ4v) is 4.11. The van der Waals surface area contributed by atoms with Crippen LogP contribution in [0.5, 0.6) is 5.75 Å². The molecule has 0 aliphatic rings. The maximum absolute atomic E-state index is 13.6. The molecule has 0 bridgehead atoms. The zero-order valence-electron chi connectivity index (χ0n) is 21.1. The van der Waals surface area contributed by atoms with Crippen molar-refractivity contribution < 1.29 is 14.3 Å². The molecule has 1 atom stereocenters. The molecule has 3 aromatic carbocycles. The van der Waals surface area contributed by atoms with E-state index in [1.54, 1.807) is 23.1 Å². The number of benzene rings is 3. The van der Waals surface area contributed by atoms with Gasteiger partial charge in [-0.1, -0.05) is 70.0 Å². The van der Waals surface area contributed by atoms with Crippen LogP contribution in [0.3, 0.4) is 0 Å². The van der Waals surface area contributed by atoms with Gasteiger partial charge in [0.1, 0.15) is 11.8 Å². The minimum atomic E-state index is -0.724. The molecule has 0 fully saturated rings. The molecule has 3 rings (SSSR count). The first kappa shape index (κ1) is 27.8. The number of halogens is 2. The van der Waals surface area contributed by atoms with E-state index in [0.717, 1.165) is 21.2 Å². The summed E-state index contributed by atoms with van der Waals surface area (Å²) in [6.07, 6.45) is 0.380. The number of nitrogens with one attached hydrogen (secondary N) is 1. The van der Waals surface area contributed by atoms with E-state index in [1.807, 2.05) is 82.3 Å². The standard InChI is InChI=1S/C29H32BrClN2O3/c1-20-16-24(14-15-25(20)31)36-19-27(34)33(18-22-10-12-23(30)13-11-22)26(28(35)32-29(2,3)4)17-21-8-6-5-7-9-21/h5-16,26H,17-19H2,1-4H3,(H,32,35)/t26-/m1/s1. The van der Waals surface area contributed by atoms with E-state index < -0.39 is 11.6 Å². The average molecular weight is 572 g/mol. The predicted octanol–water partition coefficient (Wildman–Crippen LogP) is 6.34. The Labute approximate surface area is 226 Å². The molecule has 0 saturated carbocycles. The van der Waals surface area contributed by atoms with E-state index in [4.69, 9.17) is 16.3 Å². The Morgan fingerprint density at radius 1 is 1.00 bits per heavy atom. The van der Waals surface area contributed by atoms with Gasteiger partial charge in [-0.25, -0.2) is 0 Å². The molecule has 0 unspecified atom stereocenters. The van der Waals surface area contributed by atoms with Crippen LogP contribution in [0.4, 0.5) is 0 Å². The molecule has 36 heavy (non-hydrogen) atoms. The third-order valence-electron chi connectivity index (χ3n) is 5.53. The highest BCUT2D eigenvalue weighted by Crippen LogP contribution is 2.22. The minimum Gasteiger partial charge on any atom is -0.484 e. The highest BCUT2D eigenvalue weighted by atomic mass is 79.9.